The largest absolute Gasteiger partial charge is 0.336 e. The zero-order valence-corrected chi connectivity index (χ0v) is 20.4. The molecule has 0 saturated carbocycles. The Labute approximate surface area is 206 Å². The number of carbonyl (C=O) groups is 3. The maximum atomic E-state index is 13.0. The van der Waals surface area contributed by atoms with Crippen LogP contribution in [0.3, 0.4) is 0 Å². The molecule has 10 heteroatoms. The van der Waals surface area contributed by atoms with Gasteiger partial charge in [0.2, 0.25) is 15.9 Å². The summed E-state index contributed by atoms with van der Waals surface area (Å²) < 4.78 is 0. The van der Waals surface area contributed by atoms with E-state index in [-0.39, 0.29) is 27.7 Å². The first-order valence-electron chi connectivity index (χ1n) is 10.9. The van der Waals surface area contributed by atoms with Crippen molar-refractivity contribution in [3.8, 4) is 0 Å². The number of hydrogen-bond donors (Lipinski definition) is 2. The molecule has 4 rings (SSSR count). The highest BCUT2D eigenvalue weighted by Gasteiger charge is 2.31. The summed E-state index contributed by atoms with van der Waals surface area (Å²) in [6.45, 7) is 4.78. The van der Waals surface area contributed by atoms with Crippen LogP contribution < -0.4 is 10.6 Å². The molecule has 1 atom stereocenters. The Balaban J connectivity index is 1.38. The van der Waals surface area contributed by atoms with Gasteiger partial charge in [0, 0.05) is 29.5 Å². The third kappa shape index (κ3) is 5.60. The predicted octanol–water partition coefficient (Wildman–Crippen LogP) is 4.55. The molecule has 2 aromatic carbocycles. The zero-order valence-electron chi connectivity index (χ0n) is 18.8. The first-order chi connectivity index (χ1) is 16.3. The monoisotopic (exact) mass is 497 g/mol. The summed E-state index contributed by atoms with van der Waals surface area (Å²) in [5.74, 6) is -1.21. The van der Waals surface area contributed by atoms with Gasteiger partial charge in [-0.15, -0.1) is 10.2 Å². The predicted molar refractivity (Wildman–Crippen MR) is 132 cm³/mol. The van der Waals surface area contributed by atoms with Gasteiger partial charge in [-0.25, -0.2) is 0 Å². The van der Waals surface area contributed by atoms with E-state index < -0.39 is 5.91 Å². The third-order valence-corrected chi connectivity index (χ3v) is 6.79. The van der Waals surface area contributed by atoms with Crippen molar-refractivity contribution < 1.29 is 14.4 Å². The molecule has 1 aromatic heterocycles. The standard InChI is InChI=1S/C24H24ClN5O3S/c1-14-5-10-19(15(2)12-14)27-20(31)16-4-3-11-30(13-16)24(33)23-29-28-22(34-23)21(32)26-18-8-6-17(25)7-9-18/h5-10,12,16H,3-4,11,13H2,1-2H3,(H,26,32)(H,27,31)/t16-/m1/s1. The Morgan fingerprint density at radius 2 is 1.76 bits per heavy atom. The van der Waals surface area contributed by atoms with Crippen molar-refractivity contribution in [2.75, 3.05) is 23.7 Å². The summed E-state index contributed by atoms with van der Waals surface area (Å²) in [7, 11) is 0. The second-order valence-corrected chi connectivity index (χ2v) is 9.69. The van der Waals surface area contributed by atoms with Crippen LogP contribution in [0, 0.1) is 19.8 Å². The summed E-state index contributed by atoms with van der Waals surface area (Å²) in [5.41, 5.74) is 3.46. The molecule has 0 aliphatic carbocycles. The van der Waals surface area contributed by atoms with Gasteiger partial charge in [0.15, 0.2) is 0 Å². The quantitative estimate of drug-likeness (QED) is 0.538. The van der Waals surface area contributed by atoms with Crippen LogP contribution >= 0.6 is 22.9 Å². The fourth-order valence-electron chi connectivity index (χ4n) is 3.82. The number of nitrogens with zero attached hydrogens (tertiary/aromatic N) is 3. The first kappa shape index (κ1) is 23.8. The molecule has 0 unspecified atom stereocenters. The Morgan fingerprint density at radius 3 is 2.50 bits per heavy atom. The smallest absolute Gasteiger partial charge is 0.286 e. The first-order valence-corrected chi connectivity index (χ1v) is 12.1. The van der Waals surface area contributed by atoms with Crippen molar-refractivity contribution in [1.29, 1.82) is 0 Å². The average Bonchev–Trinajstić information content (AvgIpc) is 3.32. The van der Waals surface area contributed by atoms with Crippen molar-refractivity contribution in [1.82, 2.24) is 15.1 Å². The van der Waals surface area contributed by atoms with Gasteiger partial charge in [-0.2, -0.15) is 0 Å². The normalized spacial score (nSPS) is 15.6. The molecule has 8 nitrogen and oxygen atoms in total. The summed E-state index contributed by atoms with van der Waals surface area (Å²) in [4.78, 5) is 39.9. The summed E-state index contributed by atoms with van der Waals surface area (Å²) in [6, 6.07) is 12.5. The molecule has 0 bridgehead atoms. The van der Waals surface area contributed by atoms with E-state index in [4.69, 9.17) is 11.6 Å². The Hall–Kier alpha value is -3.30. The molecule has 1 saturated heterocycles. The van der Waals surface area contributed by atoms with Gasteiger partial charge in [-0.1, -0.05) is 40.6 Å². The highest BCUT2D eigenvalue weighted by atomic mass is 35.5. The fraction of sp³-hybridized carbons (Fsp3) is 0.292. The zero-order chi connectivity index (χ0) is 24.2. The molecule has 1 aliphatic rings. The van der Waals surface area contributed by atoms with Crippen LogP contribution in [0.5, 0.6) is 0 Å². The minimum atomic E-state index is -0.455. The van der Waals surface area contributed by atoms with Gasteiger partial charge in [0.1, 0.15) is 0 Å². The molecule has 34 heavy (non-hydrogen) atoms. The van der Waals surface area contributed by atoms with Crippen LogP contribution in [0.2, 0.25) is 5.02 Å². The molecule has 2 N–H and O–H groups in total. The number of carbonyl (C=O) groups excluding carboxylic acids is 3. The second-order valence-electron chi connectivity index (χ2n) is 8.27. The Morgan fingerprint density at radius 1 is 1.03 bits per heavy atom. The number of benzene rings is 2. The maximum absolute atomic E-state index is 13.0. The van der Waals surface area contributed by atoms with Gasteiger partial charge in [0.25, 0.3) is 11.8 Å². The third-order valence-electron chi connectivity index (χ3n) is 5.62. The van der Waals surface area contributed by atoms with Gasteiger partial charge in [-0.3, -0.25) is 14.4 Å². The lowest BCUT2D eigenvalue weighted by molar-refractivity contribution is -0.121. The van der Waals surface area contributed by atoms with Crippen LogP contribution in [-0.2, 0) is 4.79 Å². The van der Waals surface area contributed by atoms with Crippen LogP contribution in [0.15, 0.2) is 42.5 Å². The Bertz CT molecular complexity index is 1230. The minimum Gasteiger partial charge on any atom is -0.336 e. The number of nitrogens with one attached hydrogen (secondary N) is 2. The highest BCUT2D eigenvalue weighted by Crippen LogP contribution is 2.24. The second kappa shape index (κ2) is 10.3. The summed E-state index contributed by atoms with van der Waals surface area (Å²) in [6.07, 6.45) is 1.41. The van der Waals surface area contributed by atoms with Crippen molar-refractivity contribution in [3.05, 3.63) is 68.6 Å². The maximum Gasteiger partial charge on any atom is 0.286 e. The van der Waals surface area contributed by atoms with Crippen LogP contribution in [0.1, 0.15) is 43.6 Å². The average molecular weight is 498 g/mol. The molecular weight excluding hydrogens is 474 g/mol. The van der Waals surface area contributed by atoms with E-state index in [1.165, 1.54) is 0 Å². The summed E-state index contributed by atoms with van der Waals surface area (Å²) >= 11 is 6.79. The number of hydrogen-bond acceptors (Lipinski definition) is 6. The van der Waals surface area contributed by atoms with E-state index in [0.29, 0.717) is 36.6 Å². The number of halogens is 1. The van der Waals surface area contributed by atoms with Crippen LogP contribution in [0.25, 0.3) is 0 Å². The van der Waals surface area contributed by atoms with E-state index in [0.717, 1.165) is 28.2 Å². The molecule has 0 spiro atoms. The van der Waals surface area contributed by atoms with E-state index >= 15 is 0 Å². The number of piperidine rings is 1. The molecule has 176 valence electrons. The number of anilines is 2. The van der Waals surface area contributed by atoms with Gasteiger partial charge in [0.05, 0.1) is 5.92 Å². The summed E-state index contributed by atoms with van der Waals surface area (Å²) in [5, 5.41) is 14.3. The highest BCUT2D eigenvalue weighted by molar-refractivity contribution is 7.15. The van der Waals surface area contributed by atoms with Crippen molar-refractivity contribution in [2.45, 2.75) is 26.7 Å². The van der Waals surface area contributed by atoms with E-state index in [1.54, 1.807) is 29.2 Å². The molecule has 1 aliphatic heterocycles. The van der Waals surface area contributed by atoms with E-state index in [2.05, 4.69) is 20.8 Å². The number of aromatic nitrogens is 2. The van der Waals surface area contributed by atoms with Crippen LogP contribution in [0.4, 0.5) is 11.4 Å². The van der Waals surface area contributed by atoms with Crippen molar-refractivity contribution in [3.63, 3.8) is 0 Å². The van der Waals surface area contributed by atoms with Gasteiger partial charge < -0.3 is 15.5 Å². The molecule has 3 aromatic rings. The molecular formula is C24H24ClN5O3S. The lowest BCUT2D eigenvalue weighted by Crippen LogP contribution is -2.43. The Kier molecular flexibility index (Phi) is 7.23. The molecule has 3 amide bonds. The molecule has 1 fully saturated rings. The SMILES string of the molecule is Cc1ccc(NC(=O)[C@@H]2CCCN(C(=O)c3nnc(C(=O)Nc4ccc(Cl)cc4)s3)C2)c(C)c1. The number of likely N-dealkylation sites (tertiary alicyclic amines) is 1. The minimum absolute atomic E-state index is 0.0828. The van der Waals surface area contributed by atoms with Crippen molar-refractivity contribution >= 4 is 52.0 Å². The lowest BCUT2D eigenvalue weighted by Gasteiger charge is -2.31. The number of rotatable bonds is 5. The lowest BCUT2D eigenvalue weighted by atomic mass is 9.96. The number of aryl methyl sites for hydroxylation is 2. The van der Waals surface area contributed by atoms with Gasteiger partial charge in [-0.05, 0) is 62.6 Å². The topological polar surface area (TPSA) is 104 Å². The van der Waals surface area contributed by atoms with E-state index in [1.807, 2.05) is 32.0 Å². The number of amides is 3. The molecule has 2 heterocycles. The molecule has 0 radical (unpaired) electrons. The fourth-order valence-corrected chi connectivity index (χ4v) is 4.65. The van der Waals surface area contributed by atoms with E-state index in [9.17, 15) is 14.4 Å². The van der Waals surface area contributed by atoms with Gasteiger partial charge >= 0.3 is 0 Å². The van der Waals surface area contributed by atoms with Crippen molar-refractivity contribution in [2.24, 2.45) is 5.92 Å². The van der Waals surface area contributed by atoms with Crippen LogP contribution in [-0.4, -0.2) is 45.9 Å².